The van der Waals surface area contributed by atoms with Crippen molar-refractivity contribution in [1.82, 2.24) is 0 Å². The molecule has 0 aromatic heterocycles. The Morgan fingerprint density at radius 3 is 2.47 bits per heavy atom. The zero-order valence-corrected chi connectivity index (χ0v) is 10.6. The third kappa shape index (κ3) is 3.47. The number of carboxylic acids is 1. The summed E-state index contributed by atoms with van der Waals surface area (Å²) in [6, 6.07) is 3.22. The molecule has 8 heteroatoms. The van der Waals surface area contributed by atoms with Crippen molar-refractivity contribution in [2.24, 2.45) is 0 Å². The molecule has 0 fully saturated rings. The molecule has 94 valence electrons. The van der Waals surface area contributed by atoms with Gasteiger partial charge in [-0.1, -0.05) is 0 Å². The predicted molar refractivity (Wildman–Crippen MR) is 59.2 cm³/mol. The summed E-state index contributed by atoms with van der Waals surface area (Å²) in [5.41, 5.74) is -0.277. The molecule has 0 amide bonds. The van der Waals surface area contributed by atoms with E-state index in [1.807, 2.05) is 0 Å². The number of aromatic carboxylic acids is 1. The van der Waals surface area contributed by atoms with Gasteiger partial charge in [-0.05, 0) is 34.1 Å². The van der Waals surface area contributed by atoms with Crippen LogP contribution < -0.4 is 0 Å². The van der Waals surface area contributed by atoms with Crippen molar-refractivity contribution in [2.75, 3.05) is 5.75 Å². The topological polar surface area (TPSA) is 71.4 Å². The highest BCUT2D eigenvalue weighted by Gasteiger charge is 2.24. The van der Waals surface area contributed by atoms with E-state index in [0.29, 0.717) is 0 Å². The van der Waals surface area contributed by atoms with Crippen molar-refractivity contribution in [2.45, 2.75) is 11.3 Å². The van der Waals surface area contributed by atoms with E-state index in [2.05, 4.69) is 15.9 Å². The summed E-state index contributed by atoms with van der Waals surface area (Å²) in [6.45, 7) is 0. The summed E-state index contributed by atoms with van der Waals surface area (Å²) in [5.74, 6) is -2.67. The standard InChI is InChI=1S/C9H7BrF2O4S/c10-6-2-1-5(9(13)14)3-7(6)17(15,16)4-8(11)12/h1-3,8H,4H2,(H,13,14). The number of hydrogen-bond donors (Lipinski definition) is 1. The summed E-state index contributed by atoms with van der Waals surface area (Å²) in [4.78, 5) is 10.2. The Kier molecular flexibility index (Phi) is 4.21. The Bertz CT molecular complexity index is 542. The average Bonchev–Trinajstić information content (AvgIpc) is 2.15. The average molecular weight is 329 g/mol. The molecule has 0 spiro atoms. The summed E-state index contributed by atoms with van der Waals surface area (Å²) < 4.78 is 47.3. The second-order valence-corrected chi connectivity index (χ2v) is 5.98. The van der Waals surface area contributed by atoms with Crippen molar-refractivity contribution >= 4 is 31.7 Å². The first kappa shape index (κ1) is 14.0. The fourth-order valence-electron chi connectivity index (χ4n) is 1.13. The highest BCUT2D eigenvalue weighted by atomic mass is 79.9. The Labute approximate surface area is 104 Å². The highest BCUT2D eigenvalue weighted by Crippen LogP contribution is 2.25. The normalized spacial score (nSPS) is 11.8. The van der Waals surface area contributed by atoms with Crippen LogP contribution in [0.15, 0.2) is 27.6 Å². The maximum Gasteiger partial charge on any atom is 0.335 e. The van der Waals surface area contributed by atoms with Crippen LogP contribution in [-0.4, -0.2) is 31.7 Å². The van der Waals surface area contributed by atoms with Crippen LogP contribution in [-0.2, 0) is 9.84 Å². The van der Waals surface area contributed by atoms with Crippen molar-refractivity contribution in [3.8, 4) is 0 Å². The highest BCUT2D eigenvalue weighted by molar-refractivity contribution is 9.10. The molecular weight excluding hydrogens is 322 g/mol. The lowest BCUT2D eigenvalue weighted by Gasteiger charge is -2.07. The van der Waals surface area contributed by atoms with Crippen LogP contribution in [0.2, 0.25) is 0 Å². The van der Waals surface area contributed by atoms with Gasteiger partial charge in [-0.25, -0.2) is 22.0 Å². The zero-order chi connectivity index (χ0) is 13.2. The summed E-state index contributed by atoms with van der Waals surface area (Å²) in [5, 5.41) is 8.69. The van der Waals surface area contributed by atoms with Crippen molar-refractivity contribution in [1.29, 1.82) is 0 Å². The van der Waals surface area contributed by atoms with Crippen LogP contribution in [0.25, 0.3) is 0 Å². The Hall–Kier alpha value is -1.02. The van der Waals surface area contributed by atoms with E-state index < -0.39 is 32.9 Å². The molecule has 0 aliphatic heterocycles. The minimum atomic E-state index is -4.21. The van der Waals surface area contributed by atoms with Crippen LogP contribution >= 0.6 is 15.9 Å². The van der Waals surface area contributed by atoms with Gasteiger partial charge in [0.25, 0.3) is 6.43 Å². The Morgan fingerprint density at radius 1 is 1.41 bits per heavy atom. The Morgan fingerprint density at radius 2 is 2.00 bits per heavy atom. The van der Waals surface area contributed by atoms with Crippen LogP contribution in [0.4, 0.5) is 8.78 Å². The minimum Gasteiger partial charge on any atom is -0.478 e. The fraction of sp³-hybridized carbons (Fsp3) is 0.222. The minimum absolute atomic E-state index is 0.0585. The predicted octanol–water partition coefficient (Wildman–Crippen LogP) is 2.19. The molecule has 1 N–H and O–H groups in total. The first-order chi connectivity index (χ1) is 7.74. The molecule has 1 aromatic carbocycles. The lowest BCUT2D eigenvalue weighted by atomic mass is 10.2. The van der Waals surface area contributed by atoms with E-state index in [1.165, 1.54) is 12.1 Å². The molecule has 0 unspecified atom stereocenters. The quantitative estimate of drug-likeness (QED) is 0.919. The van der Waals surface area contributed by atoms with Gasteiger partial charge in [-0.15, -0.1) is 0 Å². The molecule has 17 heavy (non-hydrogen) atoms. The number of halogens is 3. The molecule has 0 heterocycles. The molecule has 4 nitrogen and oxygen atoms in total. The largest absolute Gasteiger partial charge is 0.478 e. The first-order valence-corrected chi connectivity index (χ1v) is 6.72. The molecule has 0 saturated heterocycles. The van der Waals surface area contributed by atoms with Crippen molar-refractivity contribution < 1.29 is 27.1 Å². The summed E-state index contributed by atoms with van der Waals surface area (Å²) in [6.07, 6.45) is -3.01. The molecule has 1 aromatic rings. The second kappa shape index (κ2) is 5.09. The fourth-order valence-corrected chi connectivity index (χ4v) is 3.30. The van der Waals surface area contributed by atoms with Crippen LogP contribution in [0.5, 0.6) is 0 Å². The van der Waals surface area contributed by atoms with Crippen LogP contribution in [0.1, 0.15) is 10.4 Å². The molecule has 0 radical (unpaired) electrons. The van der Waals surface area contributed by atoms with Crippen LogP contribution in [0.3, 0.4) is 0 Å². The smallest absolute Gasteiger partial charge is 0.335 e. The van der Waals surface area contributed by atoms with Gasteiger partial charge in [0.15, 0.2) is 9.84 Å². The maximum absolute atomic E-state index is 12.1. The van der Waals surface area contributed by atoms with E-state index in [-0.39, 0.29) is 10.0 Å². The van der Waals surface area contributed by atoms with Crippen molar-refractivity contribution in [3.63, 3.8) is 0 Å². The summed E-state index contributed by atoms with van der Waals surface area (Å²) >= 11 is 2.89. The van der Waals surface area contributed by atoms with Gasteiger partial charge in [-0.3, -0.25) is 0 Å². The SMILES string of the molecule is O=C(O)c1ccc(Br)c(S(=O)(=O)CC(F)F)c1. The van der Waals surface area contributed by atoms with E-state index >= 15 is 0 Å². The first-order valence-electron chi connectivity index (χ1n) is 4.28. The Balaban J connectivity index is 3.30. The third-order valence-electron chi connectivity index (χ3n) is 1.86. The third-order valence-corrected chi connectivity index (χ3v) is 4.51. The van der Waals surface area contributed by atoms with Gasteiger partial charge in [0.1, 0.15) is 5.75 Å². The van der Waals surface area contributed by atoms with E-state index in [9.17, 15) is 22.0 Å². The number of hydrogen-bond acceptors (Lipinski definition) is 3. The van der Waals surface area contributed by atoms with E-state index in [0.717, 1.165) is 6.07 Å². The molecule has 0 atom stereocenters. The van der Waals surface area contributed by atoms with E-state index in [1.54, 1.807) is 0 Å². The lowest BCUT2D eigenvalue weighted by molar-refractivity contribution is 0.0696. The van der Waals surface area contributed by atoms with Crippen LogP contribution in [0, 0.1) is 0 Å². The van der Waals surface area contributed by atoms with Gasteiger partial charge in [0.05, 0.1) is 10.5 Å². The van der Waals surface area contributed by atoms with Gasteiger partial charge < -0.3 is 5.11 Å². The number of carboxylic acid groups (broad SMARTS) is 1. The molecule has 0 saturated carbocycles. The van der Waals surface area contributed by atoms with Crippen molar-refractivity contribution in [3.05, 3.63) is 28.2 Å². The number of rotatable bonds is 4. The molecular formula is C9H7BrF2O4S. The van der Waals surface area contributed by atoms with Gasteiger partial charge in [0.2, 0.25) is 0 Å². The van der Waals surface area contributed by atoms with Gasteiger partial charge >= 0.3 is 5.97 Å². The lowest BCUT2D eigenvalue weighted by Crippen LogP contribution is -2.15. The van der Waals surface area contributed by atoms with Gasteiger partial charge in [-0.2, -0.15) is 0 Å². The van der Waals surface area contributed by atoms with Gasteiger partial charge in [0, 0.05) is 4.47 Å². The monoisotopic (exact) mass is 328 g/mol. The van der Waals surface area contributed by atoms with E-state index in [4.69, 9.17) is 5.11 Å². The number of alkyl halides is 2. The maximum atomic E-state index is 12.1. The molecule has 1 rings (SSSR count). The molecule has 0 aliphatic carbocycles. The number of sulfone groups is 1. The second-order valence-electron chi connectivity index (χ2n) is 3.12. The molecule has 0 bridgehead atoms. The summed E-state index contributed by atoms with van der Waals surface area (Å²) in [7, 11) is -4.21. The molecule has 0 aliphatic rings. The number of carbonyl (C=O) groups is 1. The zero-order valence-electron chi connectivity index (χ0n) is 8.23. The number of benzene rings is 1.